The highest BCUT2D eigenvalue weighted by Gasteiger charge is 2.38. The first-order valence-electron chi connectivity index (χ1n) is 6.10. The zero-order valence-corrected chi connectivity index (χ0v) is 13.2. The van der Waals surface area contributed by atoms with E-state index in [4.69, 9.17) is 0 Å². The number of halogens is 5. The van der Waals surface area contributed by atoms with Crippen molar-refractivity contribution in [3.05, 3.63) is 32.4 Å². The predicted octanol–water partition coefficient (Wildman–Crippen LogP) is 1.95. The number of aliphatic hydroxyl groups excluding tert-OH is 2. The van der Waals surface area contributed by atoms with Gasteiger partial charge in [0.05, 0.1) is 3.57 Å². The molecule has 118 valence electrons. The molecule has 3 atom stereocenters. The molecule has 1 fully saturated rings. The number of rotatable bonds is 3. The van der Waals surface area contributed by atoms with Crippen molar-refractivity contribution < 1.29 is 27.8 Å². The van der Waals surface area contributed by atoms with Crippen molar-refractivity contribution in [2.75, 3.05) is 7.05 Å². The SMILES string of the molecule is C=Ic1c(F)c(F)c(F)c(F)c1CC1CC(O)N(C)C1O. The van der Waals surface area contributed by atoms with Crippen LogP contribution in [-0.2, 0) is 6.42 Å². The maximum atomic E-state index is 13.9. The van der Waals surface area contributed by atoms with Gasteiger partial charge in [0.1, 0.15) is 12.5 Å². The van der Waals surface area contributed by atoms with Gasteiger partial charge in [-0.3, -0.25) is 4.90 Å². The minimum Gasteiger partial charge on any atom is -0.378 e. The summed E-state index contributed by atoms with van der Waals surface area (Å²) < 4.78 is 57.5. The maximum Gasteiger partial charge on any atom is 0.198 e. The Morgan fingerprint density at radius 2 is 1.71 bits per heavy atom. The van der Waals surface area contributed by atoms with Gasteiger partial charge < -0.3 is 10.2 Å². The highest BCUT2D eigenvalue weighted by atomic mass is 127. The van der Waals surface area contributed by atoms with Gasteiger partial charge in [-0.25, -0.2) is 17.6 Å². The molecule has 0 aromatic heterocycles. The number of benzene rings is 1. The van der Waals surface area contributed by atoms with Crippen LogP contribution in [0.1, 0.15) is 12.0 Å². The topological polar surface area (TPSA) is 43.7 Å². The van der Waals surface area contributed by atoms with Crippen molar-refractivity contribution in [2.24, 2.45) is 5.92 Å². The quantitative estimate of drug-likeness (QED) is 0.341. The van der Waals surface area contributed by atoms with Crippen molar-refractivity contribution in [3.8, 4) is 0 Å². The van der Waals surface area contributed by atoms with Crippen LogP contribution in [0.15, 0.2) is 0 Å². The molecule has 1 aromatic carbocycles. The van der Waals surface area contributed by atoms with Gasteiger partial charge >= 0.3 is 0 Å². The van der Waals surface area contributed by atoms with E-state index in [0.717, 1.165) is 0 Å². The van der Waals surface area contributed by atoms with Crippen LogP contribution in [0.4, 0.5) is 17.6 Å². The van der Waals surface area contributed by atoms with E-state index in [9.17, 15) is 27.8 Å². The molecule has 1 aromatic rings. The summed E-state index contributed by atoms with van der Waals surface area (Å²) >= 11 is -1.27. The predicted molar refractivity (Wildman–Crippen MR) is 77.7 cm³/mol. The molecule has 0 radical (unpaired) electrons. The Morgan fingerprint density at radius 1 is 1.14 bits per heavy atom. The van der Waals surface area contributed by atoms with Crippen molar-refractivity contribution in [1.82, 2.24) is 4.90 Å². The van der Waals surface area contributed by atoms with Crippen LogP contribution in [0.3, 0.4) is 0 Å². The molecule has 2 N–H and O–H groups in total. The van der Waals surface area contributed by atoms with E-state index in [1.807, 2.05) is 0 Å². The maximum absolute atomic E-state index is 13.9. The largest absolute Gasteiger partial charge is 0.378 e. The zero-order chi connectivity index (χ0) is 15.9. The van der Waals surface area contributed by atoms with Crippen molar-refractivity contribution in [2.45, 2.75) is 25.3 Å². The zero-order valence-electron chi connectivity index (χ0n) is 11.1. The standard InChI is InChI=1S/C13H14F4INO2/c1-18-12-6(8(14)9(15)10(16)11(12)17)3-5-4-7(20)19(2)13(5)21/h5,7,13,20-21H,1,3-4H2,2H3. The van der Waals surface area contributed by atoms with Crippen molar-refractivity contribution in [1.29, 1.82) is 0 Å². The fourth-order valence-electron chi connectivity index (χ4n) is 2.49. The number of nitrogens with zero attached hydrogens (tertiary/aromatic N) is 1. The summed E-state index contributed by atoms with van der Waals surface area (Å²) in [6.07, 6.45) is -2.03. The Hall–Kier alpha value is -0.580. The molecule has 3 nitrogen and oxygen atoms in total. The lowest BCUT2D eigenvalue weighted by molar-refractivity contribution is -0.0436. The molecule has 0 spiro atoms. The summed E-state index contributed by atoms with van der Waals surface area (Å²) in [6.45, 7) is 0. The summed E-state index contributed by atoms with van der Waals surface area (Å²) in [5.41, 5.74) is -0.291. The van der Waals surface area contributed by atoms with Gasteiger partial charge in [0.25, 0.3) is 0 Å². The Bertz CT molecular complexity index is 584. The van der Waals surface area contributed by atoms with Crippen molar-refractivity contribution in [3.63, 3.8) is 0 Å². The summed E-state index contributed by atoms with van der Waals surface area (Å²) in [5.74, 6) is -7.14. The average Bonchev–Trinajstić information content (AvgIpc) is 2.70. The third-order valence-corrected chi connectivity index (χ3v) is 5.61. The minimum atomic E-state index is -1.86. The van der Waals surface area contributed by atoms with E-state index < -0.39 is 62.4 Å². The first-order valence-corrected chi connectivity index (χ1v) is 8.71. The number of aliphatic hydroxyl groups is 2. The van der Waals surface area contributed by atoms with E-state index in [0.29, 0.717) is 0 Å². The monoisotopic (exact) mass is 419 g/mol. The molecular formula is C13H14F4INO2. The molecule has 0 aliphatic carbocycles. The van der Waals surface area contributed by atoms with E-state index in [-0.39, 0.29) is 22.0 Å². The molecule has 1 aliphatic rings. The Balaban J connectivity index is 2.43. The fraction of sp³-hybridized carbons (Fsp3) is 0.462. The first kappa shape index (κ1) is 16.8. The normalized spacial score (nSPS) is 26.5. The molecule has 1 aliphatic heterocycles. The van der Waals surface area contributed by atoms with Gasteiger partial charge in [0, 0.05) is 11.5 Å². The average molecular weight is 419 g/mol. The van der Waals surface area contributed by atoms with E-state index >= 15 is 0 Å². The lowest BCUT2D eigenvalue weighted by atomic mass is 9.96. The molecule has 1 saturated heterocycles. The van der Waals surface area contributed by atoms with Gasteiger partial charge in [-0.05, 0) is 19.9 Å². The molecule has 3 unspecified atom stereocenters. The summed E-state index contributed by atoms with van der Waals surface area (Å²) in [5, 5.41) is 19.5. The second-order valence-corrected chi connectivity index (χ2v) is 6.78. The summed E-state index contributed by atoms with van der Waals surface area (Å²) in [7, 11) is 1.48. The highest BCUT2D eigenvalue weighted by molar-refractivity contribution is 14.2. The summed E-state index contributed by atoms with van der Waals surface area (Å²) in [4.78, 5) is 1.28. The van der Waals surface area contributed by atoms with Gasteiger partial charge in [-0.2, -0.15) is 0 Å². The van der Waals surface area contributed by atoms with Crippen molar-refractivity contribution >= 4 is 25.2 Å². The Kier molecular flexibility index (Phi) is 5.01. The highest BCUT2D eigenvalue weighted by Crippen LogP contribution is 2.34. The molecule has 2 rings (SSSR count). The van der Waals surface area contributed by atoms with Gasteiger partial charge in [0.2, 0.25) is 0 Å². The van der Waals surface area contributed by atoms with Gasteiger partial charge in [-0.15, -0.1) is 0 Å². The van der Waals surface area contributed by atoms with E-state index in [2.05, 4.69) is 4.51 Å². The van der Waals surface area contributed by atoms with Crippen LogP contribution in [-0.4, -0.2) is 39.1 Å². The van der Waals surface area contributed by atoms with Crippen LogP contribution in [0, 0.1) is 32.8 Å². The molecule has 1 heterocycles. The summed E-state index contributed by atoms with van der Waals surface area (Å²) in [6, 6.07) is 0. The van der Waals surface area contributed by atoms with Gasteiger partial charge in [-0.1, -0.05) is 25.2 Å². The van der Waals surface area contributed by atoms with E-state index in [1.54, 1.807) is 0 Å². The molecule has 8 heteroatoms. The van der Waals surface area contributed by atoms with E-state index in [1.165, 1.54) is 11.9 Å². The lowest BCUT2D eigenvalue weighted by Gasteiger charge is -2.21. The Morgan fingerprint density at radius 3 is 2.19 bits per heavy atom. The smallest absolute Gasteiger partial charge is 0.198 e. The number of hydrogen-bond acceptors (Lipinski definition) is 3. The molecule has 21 heavy (non-hydrogen) atoms. The third-order valence-electron chi connectivity index (χ3n) is 3.72. The molecule has 0 amide bonds. The first-order chi connectivity index (χ1) is 9.79. The van der Waals surface area contributed by atoms with Crippen LogP contribution in [0.2, 0.25) is 0 Å². The van der Waals surface area contributed by atoms with Crippen LogP contribution < -0.4 is 0 Å². The number of likely N-dealkylation sites (tertiary alicyclic amines) is 1. The second kappa shape index (κ2) is 6.27. The fourth-order valence-corrected chi connectivity index (χ4v) is 3.98. The van der Waals surface area contributed by atoms with Crippen LogP contribution >= 0.6 is 20.7 Å². The van der Waals surface area contributed by atoms with Gasteiger partial charge in [0.15, 0.2) is 23.3 Å². The minimum absolute atomic E-state index is 0.132. The van der Waals surface area contributed by atoms with Crippen LogP contribution in [0.25, 0.3) is 0 Å². The molecule has 0 saturated carbocycles. The van der Waals surface area contributed by atoms with Crippen LogP contribution in [0.5, 0.6) is 0 Å². The third kappa shape index (κ3) is 2.86. The Labute approximate surface area is 128 Å². The molecular weight excluding hydrogens is 405 g/mol. The molecule has 0 bridgehead atoms. The second-order valence-electron chi connectivity index (χ2n) is 4.94. The lowest BCUT2D eigenvalue weighted by Crippen LogP contribution is -2.34. The number of hydrogen-bond donors (Lipinski definition) is 2.